The molecule has 2 rings (SSSR count). The van der Waals surface area contributed by atoms with E-state index in [1.54, 1.807) is 12.1 Å². The molecule has 1 aromatic rings. The maximum atomic E-state index is 12.4. The fraction of sp³-hybridized carbons (Fsp3) is 0.353. The number of nitrogens with zero attached hydrogens (tertiary/aromatic N) is 1. The van der Waals surface area contributed by atoms with Crippen LogP contribution < -0.4 is 20.3 Å². The van der Waals surface area contributed by atoms with Gasteiger partial charge in [-0.25, -0.2) is 0 Å². The summed E-state index contributed by atoms with van der Waals surface area (Å²) in [5, 5.41) is 12.9. The Kier molecular flexibility index (Phi) is 6.11. The van der Waals surface area contributed by atoms with Gasteiger partial charge in [-0.2, -0.15) is 0 Å². The van der Waals surface area contributed by atoms with Gasteiger partial charge in [-0.3, -0.25) is 28.9 Å². The number of benzene rings is 1. The van der Waals surface area contributed by atoms with Gasteiger partial charge in [0.15, 0.2) is 11.9 Å². The number of carboxylic acids is 1. The summed E-state index contributed by atoms with van der Waals surface area (Å²) < 4.78 is 5.49. The minimum absolute atomic E-state index is 0.205. The number of rotatable bonds is 7. The van der Waals surface area contributed by atoms with Crippen LogP contribution in [0.25, 0.3) is 0 Å². The van der Waals surface area contributed by atoms with E-state index in [0.717, 1.165) is 0 Å². The highest BCUT2D eigenvalue weighted by Gasteiger charge is 2.33. The van der Waals surface area contributed by atoms with Gasteiger partial charge < -0.3 is 20.5 Å². The van der Waals surface area contributed by atoms with Crippen molar-refractivity contribution in [3.8, 4) is 5.75 Å². The van der Waals surface area contributed by atoms with Crippen LogP contribution in [0.4, 0.5) is 5.69 Å². The van der Waals surface area contributed by atoms with Gasteiger partial charge in [-0.15, -0.1) is 0 Å². The van der Waals surface area contributed by atoms with Crippen molar-refractivity contribution in [3.63, 3.8) is 0 Å². The molecule has 0 bridgehead atoms. The van der Waals surface area contributed by atoms with Crippen molar-refractivity contribution in [3.05, 3.63) is 23.8 Å². The number of anilines is 1. The highest BCUT2D eigenvalue weighted by Crippen LogP contribution is 2.34. The molecule has 1 unspecified atom stereocenters. The van der Waals surface area contributed by atoms with Crippen LogP contribution in [-0.2, 0) is 19.2 Å². The van der Waals surface area contributed by atoms with E-state index in [-0.39, 0.29) is 18.0 Å². The van der Waals surface area contributed by atoms with E-state index >= 15 is 0 Å². The first-order valence-corrected chi connectivity index (χ1v) is 8.07. The molecule has 1 aliphatic rings. The number of aliphatic carboxylic acids is 1. The lowest BCUT2D eigenvalue weighted by Gasteiger charge is -2.32. The summed E-state index contributed by atoms with van der Waals surface area (Å²) in [6, 6.07) is 4.59. The Bertz CT molecular complexity index is 806. The number of fused-ring (bicyclic) bond motifs is 1. The van der Waals surface area contributed by atoms with Gasteiger partial charge in [0.25, 0.3) is 5.91 Å². The Morgan fingerprint density at radius 1 is 1.15 bits per heavy atom. The first-order valence-electron chi connectivity index (χ1n) is 8.07. The Morgan fingerprint density at radius 3 is 2.44 bits per heavy atom. The van der Waals surface area contributed by atoms with Crippen molar-refractivity contribution in [1.29, 1.82) is 0 Å². The maximum Gasteiger partial charge on any atom is 0.322 e. The summed E-state index contributed by atoms with van der Waals surface area (Å²) in [5.74, 6) is -2.81. The molecule has 1 aromatic carbocycles. The molecule has 0 saturated carbocycles. The van der Waals surface area contributed by atoms with E-state index in [1.165, 1.54) is 24.8 Å². The predicted octanol–water partition coefficient (Wildman–Crippen LogP) is -0.680. The minimum atomic E-state index is -1.21. The largest absolute Gasteiger partial charge is 0.480 e. The van der Waals surface area contributed by atoms with Crippen molar-refractivity contribution >= 4 is 35.2 Å². The lowest BCUT2D eigenvalue weighted by Crippen LogP contribution is -2.50. The topological polar surface area (TPSA) is 142 Å². The van der Waals surface area contributed by atoms with Crippen LogP contribution in [-0.4, -0.2) is 60.3 Å². The predicted molar refractivity (Wildman–Crippen MR) is 92.5 cm³/mol. The average molecular weight is 377 g/mol. The smallest absolute Gasteiger partial charge is 0.322 e. The van der Waals surface area contributed by atoms with E-state index in [4.69, 9.17) is 9.84 Å². The quantitative estimate of drug-likeness (QED) is 0.534. The normalized spacial score (nSPS) is 15.4. The molecule has 1 aliphatic heterocycles. The monoisotopic (exact) mass is 377 g/mol. The SMILES string of the molecule is CC(=O)c1ccc2c(c1)N(CC(=O)NCC(=O)NCC(=O)O)C(=O)C(C)O2. The van der Waals surface area contributed by atoms with E-state index in [0.29, 0.717) is 11.3 Å². The Morgan fingerprint density at radius 2 is 1.81 bits per heavy atom. The summed E-state index contributed by atoms with van der Waals surface area (Å²) in [7, 11) is 0. The van der Waals surface area contributed by atoms with Crippen LogP contribution in [0.2, 0.25) is 0 Å². The number of hydrogen-bond donors (Lipinski definition) is 3. The standard InChI is InChI=1S/C17H19N3O7/c1-9(21)11-3-4-13-12(5-11)20(17(26)10(2)27-13)8-15(23)18-6-14(22)19-7-16(24)25/h3-5,10H,6-8H2,1-2H3,(H,18,23)(H,19,22)(H,24,25). The van der Waals surface area contributed by atoms with Crippen molar-refractivity contribution in [2.45, 2.75) is 20.0 Å². The van der Waals surface area contributed by atoms with E-state index in [1.807, 2.05) is 0 Å². The zero-order chi connectivity index (χ0) is 20.1. The van der Waals surface area contributed by atoms with Crippen molar-refractivity contribution in [1.82, 2.24) is 10.6 Å². The van der Waals surface area contributed by atoms with Gasteiger partial charge in [0.2, 0.25) is 11.8 Å². The summed E-state index contributed by atoms with van der Waals surface area (Å²) in [5.41, 5.74) is 0.648. The third-order valence-corrected chi connectivity index (χ3v) is 3.76. The zero-order valence-electron chi connectivity index (χ0n) is 14.8. The average Bonchev–Trinajstić information content (AvgIpc) is 2.61. The second-order valence-electron chi connectivity index (χ2n) is 5.87. The number of carbonyl (C=O) groups excluding carboxylic acids is 4. The number of carbonyl (C=O) groups is 5. The number of Topliss-reactive ketones (excluding diaryl/α,β-unsaturated/α-hetero) is 1. The second kappa shape index (κ2) is 8.30. The van der Waals surface area contributed by atoms with Gasteiger partial charge in [0, 0.05) is 5.56 Å². The number of nitrogens with one attached hydrogen (secondary N) is 2. The molecule has 27 heavy (non-hydrogen) atoms. The molecule has 0 aromatic heterocycles. The van der Waals surface area contributed by atoms with Crippen LogP contribution in [0, 0.1) is 0 Å². The van der Waals surface area contributed by atoms with Gasteiger partial charge in [-0.1, -0.05) is 0 Å². The third kappa shape index (κ3) is 5.03. The molecule has 0 spiro atoms. The molecule has 3 N–H and O–H groups in total. The molecular weight excluding hydrogens is 358 g/mol. The molecule has 1 atom stereocenters. The van der Waals surface area contributed by atoms with Gasteiger partial charge in [-0.05, 0) is 32.0 Å². The summed E-state index contributed by atoms with van der Waals surface area (Å²) in [6.45, 7) is 1.54. The molecule has 3 amide bonds. The number of ether oxygens (including phenoxy) is 1. The van der Waals surface area contributed by atoms with Crippen LogP contribution >= 0.6 is 0 Å². The first kappa shape index (κ1) is 19.9. The zero-order valence-corrected chi connectivity index (χ0v) is 14.8. The summed E-state index contributed by atoms with van der Waals surface area (Å²) >= 11 is 0. The summed E-state index contributed by atoms with van der Waals surface area (Å²) in [6.07, 6.45) is -0.813. The fourth-order valence-corrected chi connectivity index (χ4v) is 2.40. The van der Waals surface area contributed by atoms with Crippen molar-refractivity contribution < 1.29 is 33.8 Å². The number of amides is 3. The molecule has 1 heterocycles. The number of ketones is 1. The van der Waals surface area contributed by atoms with Crippen LogP contribution in [0.1, 0.15) is 24.2 Å². The molecule has 0 radical (unpaired) electrons. The molecule has 144 valence electrons. The first-order chi connectivity index (χ1) is 12.7. The lowest BCUT2D eigenvalue weighted by atomic mass is 10.1. The van der Waals surface area contributed by atoms with Crippen LogP contribution in [0.5, 0.6) is 5.75 Å². The molecule has 0 fully saturated rings. The molecule has 0 aliphatic carbocycles. The van der Waals surface area contributed by atoms with Crippen LogP contribution in [0.15, 0.2) is 18.2 Å². The van der Waals surface area contributed by atoms with Crippen LogP contribution in [0.3, 0.4) is 0 Å². The third-order valence-electron chi connectivity index (χ3n) is 3.76. The van der Waals surface area contributed by atoms with Crippen molar-refractivity contribution in [2.24, 2.45) is 0 Å². The summed E-state index contributed by atoms with van der Waals surface area (Å²) in [4.78, 5) is 59.1. The van der Waals surface area contributed by atoms with Gasteiger partial charge >= 0.3 is 5.97 Å². The number of carboxylic acid groups (broad SMARTS) is 1. The lowest BCUT2D eigenvalue weighted by molar-refractivity contribution is -0.137. The Hall–Kier alpha value is -3.43. The maximum absolute atomic E-state index is 12.4. The van der Waals surface area contributed by atoms with Crippen molar-refractivity contribution in [2.75, 3.05) is 24.5 Å². The van der Waals surface area contributed by atoms with Gasteiger partial charge in [0.1, 0.15) is 18.8 Å². The molecule has 10 heteroatoms. The fourth-order valence-electron chi connectivity index (χ4n) is 2.40. The van der Waals surface area contributed by atoms with Gasteiger partial charge in [0.05, 0.1) is 12.2 Å². The highest BCUT2D eigenvalue weighted by molar-refractivity contribution is 6.05. The molecule has 10 nitrogen and oxygen atoms in total. The van der Waals surface area contributed by atoms with E-state index in [9.17, 15) is 24.0 Å². The Labute approximate surface area is 154 Å². The second-order valence-corrected chi connectivity index (χ2v) is 5.87. The van der Waals surface area contributed by atoms with E-state index in [2.05, 4.69) is 10.6 Å². The molecular formula is C17H19N3O7. The number of hydrogen-bond acceptors (Lipinski definition) is 6. The van der Waals surface area contributed by atoms with E-state index < -0.39 is 42.9 Å². The molecule has 0 saturated heterocycles. The minimum Gasteiger partial charge on any atom is -0.480 e. The Balaban J connectivity index is 2.08. The highest BCUT2D eigenvalue weighted by atomic mass is 16.5.